The zero-order valence-electron chi connectivity index (χ0n) is 16.2. The Hall–Kier alpha value is -3.03. The van der Waals surface area contributed by atoms with Crippen LogP contribution in [0.25, 0.3) is 28.5 Å². The number of nitrogens with one attached hydrogen (secondary N) is 1. The minimum absolute atomic E-state index is 0.204. The zero-order valence-corrected chi connectivity index (χ0v) is 16.2. The lowest BCUT2D eigenvalue weighted by atomic mass is 10.0. The summed E-state index contributed by atoms with van der Waals surface area (Å²) in [4.78, 5) is 18.2. The molecule has 2 heterocycles. The Bertz CT molecular complexity index is 1080. The first-order chi connectivity index (χ1) is 14.1. The fourth-order valence-corrected chi connectivity index (χ4v) is 4.00. The number of benzene rings is 2. The molecule has 7 heteroatoms. The van der Waals surface area contributed by atoms with E-state index in [4.69, 9.17) is 5.21 Å². The number of para-hydroxylation sites is 1. The summed E-state index contributed by atoms with van der Waals surface area (Å²) < 4.78 is 16.7. The van der Waals surface area contributed by atoms with Crippen LogP contribution in [0, 0.1) is 5.82 Å². The van der Waals surface area contributed by atoms with Crippen molar-refractivity contribution in [2.75, 3.05) is 20.1 Å². The number of likely N-dealkylation sites (N-methyl/N-ethyl adjacent to an activating group) is 1. The van der Waals surface area contributed by atoms with Gasteiger partial charge in [0.1, 0.15) is 11.3 Å². The number of hydrogen-bond acceptors (Lipinski definition) is 4. The predicted octanol–water partition coefficient (Wildman–Crippen LogP) is 3.63. The number of amides is 1. The summed E-state index contributed by atoms with van der Waals surface area (Å²) in [7, 11) is 2.10. The Morgan fingerprint density at radius 3 is 2.93 bits per heavy atom. The van der Waals surface area contributed by atoms with Gasteiger partial charge in [-0.3, -0.25) is 10.0 Å². The van der Waals surface area contributed by atoms with Gasteiger partial charge < -0.3 is 9.47 Å². The van der Waals surface area contributed by atoms with Crippen molar-refractivity contribution in [2.24, 2.45) is 0 Å². The molecule has 2 N–H and O–H groups in total. The van der Waals surface area contributed by atoms with Crippen molar-refractivity contribution in [2.45, 2.75) is 18.9 Å². The van der Waals surface area contributed by atoms with Gasteiger partial charge in [0.05, 0.1) is 5.52 Å². The molecule has 1 unspecified atom stereocenters. The first-order valence-electron chi connectivity index (χ1n) is 9.64. The molecule has 1 fully saturated rings. The van der Waals surface area contributed by atoms with Crippen molar-refractivity contribution < 1.29 is 14.4 Å². The van der Waals surface area contributed by atoms with Gasteiger partial charge in [0.25, 0.3) is 5.91 Å². The summed E-state index contributed by atoms with van der Waals surface area (Å²) in [6, 6.07) is 12.8. The second kappa shape index (κ2) is 8.14. The van der Waals surface area contributed by atoms with Crippen LogP contribution < -0.4 is 5.48 Å². The topological polar surface area (TPSA) is 70.4 Å². The summed E-state index contributed by atoms with van der Waals surface area (Å²) in [6.45, 7) is 1.94. The largest absolute Gasteiger partial charge is 0.319 e. The molecule has 1 amide bonds. The molecule has 4 rings (SSSR count). The minimum Gasteiger partial charge on any atom is -0.319 e. The molecule has 1 atom stereocenters. The number of halogens is 1. The summed E-state index contributed by atoms with van der Waals surface area (Å²) in [5, 5.41) is 8.65. The van der Waals surface area contributed by atoms with Gasteiger partial charge in [-0.25, -0.2) is 14.9 Å². The molecular formula is C22H23FN4O2. The maximum atomic E-state index is 14.5. The van der Waals surface area contributed by atoms with Gasteiger partial charge >= 0.3 is 0 Å². The van der Waals surface area contributed by atoms with Crippen LogP contribution in [-0.2, 0) is 4.79 Å². The first kappa shape index (κ1) is 19.3. The number of fused-ring (bicyclic) bond motifs is 1. The molecule has 150 valence electrons. The van der Waals surface area contributed by atoms with Gasteiger partial charge in [-0.15, -0.1) is 0 Å². The molecule has 6 nitrogen and oxygen atoms in total. The molecule has 1 aliphatic rings. The Morgan fingerprint density at radius 1 is 1.31 bits per heavy atom. The number of carbonyl (C=O) groups is 1. The van der Waals surface area contributed by atoms with E-state index in [2.05, 4.69) is 21.5 Å². The number of nitrogens with zero attached hydrogens (tertiary/aromatic N) is 3. The SMILES string of the molecule is CN1CCCC(n2c(-c3cccc(/C=C/C(=O)NO)c3)nc3c(F)cccc32)C1. The van der Waals surface area contributed by atoms with Crippen LogP contribution in [0.3, 0.4) is 0 Å². The quantitative estimate of drug-likeness (QED) is 0.403. The fourth-order valence-electron chi connectivity index (χ4n) is 4.00. The van der Waals surface area contributed by atoms with Crippen molar-refractivity contribution >= 4 is 23.0 Å². The van der Waals surface area contributed by atoms with E-state index in [0.29, 0.717) is 11.3 Å². The highest BCUT2D eigenvalue weighted by atomic mass is 19.1. The van der Waals surface area contributed by atoms with E-state index in [-0.39, 0.29) is 11.9 Å². The number of rotatable bonds is 4. The first-order valence-corrected chi connectivity index (χ1v) is 9.64. The normalized spacial score (nSPS) is 17.8. The smallest absolute Gasteiger partial charge is 0.267 e. The maximum Gasteiger partial charge on any atom is 0.267 e. The highest BCUT2D eigenvalue weighted by Gasteiger charge is 2.25. The van der Waals surface area contributed by atoms with Crippen molar-refractivity contribution in [1.82, 2.24) is 19.9 Å². The summed E-state index contributed by atoms with van der Waals surface area (Å²) >= 11 is 0. The number of likely N-dealkylation sites (tertiary alicyclic amines) is 1. The molecule has 0 aliphatic carbocycles. The van der Waals surface area contributed by atoms with Crippen molar-refractivity contribution in [1.29, 1.82) is 0 Å². The summed E-state index contributed by atoms with van der Waals surface area (Å²) in [6.07, 6.45) is 4.94. The Morgan fingerprint density at radius 2 is 2.14 bits per heavy atom. The molecule has 0 radical (unpaired) electrons. The van der Waals surface area contributed by atoms with E-state index in [9.17, 15) is 9.18 Å². The third kappa shape index (κ3) is 3.92. The molecule has 0 saturated carbocycles. The molecule has 1 aromatic heterocycles. The summed E-state index contributed by atoms with van der Waals surface area (Å²) in [5.74, 6) is -0.218. The zero-order chi connectivity index (χ0) is 20.4. The molecule has 1 aliphatic heterocycles. The Balaban J connectivity index is 1.83. The number of piperidine rings is 1. The monoisotopic (exact) mass is 394 g/mol. The molecule has 0 bridgehead atoms. The number of hydroxylamine groups is 1. The van der Waals surface area contributed by atoms with Crippen molar-refractivity contribution in [3.05, 3.63) is 59.9 Å². The molecule has 3 aromatic rings. The van der Waals surface area contributed by atoms with E-state index in [0.717, 1.165) is 42.6 Å². The maximum absolute atomic E-state index is 14.5. The second-order valence-corrected chi connectivity index (χ2v) is 7.41. The van der Waals surface area contributed by atoms with Crippen molar-refractivity contribution in [3.63, 3.8) is 0 Å². The minimum atomic E-state index is -0.602. The Labute approximate surface area is 168 Å². The fraction of sp³-hybridized carbons (Fsp3) is 0.273. The average Bonchev–Trinajstić information content (AvgIpc) is 3.13. The average molecular weight is 394 g/mol. The van der Waals surface area contributed by atoms with E-state index in [1.165, 1.54) is 12.1 Å². The highest BCUT2D eigenvalue weighted by molar-refractivity contribution is 5.91. The lowest BCUT2D eigenvalue weighted by Crippen LogP contribution is -2.33. The van der Waals surface area contributed by atoms with Gasteiger partial charge in [0.15, 0.2) is 5.82 Å². The van der Waals surface area contributed by atoms with E-state index < -0.39 is 5.91 Å². The number of carbonyl (C=O) groups excluding carboxylic acids is 1. The standard InChI is InChI=1S/C22H23FN4O2/c1-26-12-4-7-17(14-26)27-19-9-3-8-18(23)21(19)24-22(27)16-6-2-5-15(13-16)10-11-20(28)25-29/h2-3,5-6,8-11,13,17,29H,4,7,12,14H2,1H3,(H,25,28)/b11-10+. The van der Waals surface area contributed by atoms with Crippen LogP contribution >= 0.6 is 0 Å². The van der Waals surface area contributed by atoms with Crippen LogP contribution in [0.4, 0.5) is 4.39 Å². The van der Waals surface area contributed by atoms with Crippen LogP contribution in [-0.4, -0.2) is 45.7 Å². The molecule has 2 aromatic carbocycles. The lowest BCUT2D eigenvalue weighted by molar-refractivity contribution is -0.124. The summed E-state index contributed by atoms with van der Waals surface area (Å²) in [5.41, 5.74) is 4.37. The molecular weight excluding hydrogens is 371 g/mol. The molecule has 29 heavy (non-hydrogen) atoms. The van der Waals surface area contributed by atoms with Gasteiger partial charge in [0, 0.05) is 24.2 Å². The molecule has 0 spiro atoms. The van der Waals surface area contributed by atoms with E-state index in [1.807, 2.05) is 30.3 Å². The van der Waals surface area contributed by atoms with E-state index in [1.54, 1.807) is 17.6 Å². The third-order valence-electron chi connectivity index (χ3n) is 5.32. The van der Waals surface area contributed by atoms with Crippen LogP contribution in [0.15, 0.2) is 48.5 Å². The second-order valence-electron chi connectivity index (χ2n) is 7.41. The number of aromatic nitrogens is 2. The van der Waals surface area contributed by atoms with Gasteiger partial charge in [0.2, 0.25) is 0 Å². The van der Waals surface area contributed by atoms with E-state index >= 15 is 0 Å². The van der Waals surface area contributed by atoms with Crippen molar-refractivity contribution in [3.8, 4) is 11.4 Å². The van der Waals surface area contributed by atoms with Gasteiger partial charge in [-0.2, -0.15) is 0 Å². The third-order valence-corrected chi connectivity index (χ3v) is 5.32. The van der Waals surface area contributed by atoms with Gasteiger partial charge in [-0.05, 0) is 56.3 Å². The lowest BCUT2D eigenvalue weighted by Gasteiger charge is -2.32. The number of hydrogen-bond donors (Lipinski definition) is 2. The molecule has 1 saturated heterocycles. The number of imidazole rings is 1. The highest BCUT2D eigenvalue weighted by Crippen LogP contribution is 2.33. The van der Waals surface area contributed by atoms with Crippen LogP contribution in [0.2, 0.25) is 0 Å². The Kier molecular flexibility index (Phi) is 5.42. The predicted molar refractivity (Wildman–Crippen MR) is 110 cm³/mol. The van der Waals surface area contributed by atoms with Crippen LogP contribution in [0.5, 0.6) is 0 Å². The van der Waals surface area contributed by atoms with Gasteiger partial charge in [-0.1, -0.05) is 24.3 Å². The van der Waals surface area contributed by atoms with Crippen LogP contribution in [0.1, 0.15) is 24.4 Å².